The number of ether oxygens (including phenoxy) is 8. The van der Waals surface area contributed by atoms with Crippen LogP contribution in [0.4, 0.5) is 0 Å². The van der Waals surface area contributed by atoms with Gasteiger partial charge in [0, 0.05) is 12.3 Å². The number of rotatable bonds is 9. The fraction of sp³-hybridized carbons (Fsp3) is 1.00. The predicted octanol–water partition coefficient (Wildman–Crippen LogP) is -0.734. The van der Waals surface area contributed by atoms with Crippen LogP contribution in [0.2, 0.25) is 0 Å². The van der Waals surface area contributed by atoms with Crippen LogP contribution in [-0.2, 0) is 37.9 Å². The van der Waals surface area contributed by atoms with Gasteiger partial charge in [0.2, 0.25) is 0 Å². The van der Waals surface area contributed by atoms with Crippen LogP contribution in [0.15, 0.2) is 0 Å². The van der Waals surface area contributed by atoms with E-state index >= 15 is 0 Å². The van der Waals surface area contributed by atoms with E-state index in [9.17, 15) is 51.1 Å². The van der Waals surface area contributed by atoms with Gasteiger partial charge in [0.25, 0.3) is 0 Å². The lowest BCUT2D eigenvalue weighted by atomic mass is 9.44. The highest BCUT2D eigenvalue weighted by Gasteiger charge is 2.69. The SMILES string of the molecule is C[C@H]1CC[C@@]2(OC1)O[C@H]1C[C@H]3[C@@H]4CC[C@H]5C[C@@H](O[C@@H]6[C@H](O)[C@@H](O)[C@H](O[C@H]7[C@H](O)[C@@H](O)[C@H](O[C@H]8[C@H](O)[C@@H](O)[C@H](O)O[C@@H]8CO)O[C@@H]7CO)O[C@@H]6CO)CC[C@]5(C)[C@H]4CC[C@]3(C)[C@H]1[C@@H]2C. The second kappa shape index (κ2) is 18.0. The van der Waals surface area contributed by atoms with Gasteiger partial charge in [-0.25, -0.2) is 0 Å². The van der Waals surface area contributed by atoms with Gasteiger partial charge in [-0.3, -0.25) is 0 Å². The van der Waals surface area contributed by atoms with Gasteiger partial charge in [0.1, 0.15) is 73.2 Å². The fourth-order valence-corrected chi connectivity index (χ4v) is 14.8. The molecular formula is C45H74O18. The normalized spacial score (nSPS) is 58.2. The lowest BCUT2D eigenvalue weighted by Gasteiger charge is -2.61. The summed E-state index contributed by atoms with van der Waals surface area (Å²) in [6.07, 6.45) is -13.6. The van der Waals surface area contributed by atoms with Crippen LogP contribution >= 0.6 is 0 Å². The molecule has 0 radical (unpaired) electrons. The smallest absolute Gasteiger partial charge is 0.187 e. The van der Waals surface area contributed by atoms with Crippen LogP contribution in [0, 0.1) is 52.3 Å². The number of hydrogen-bond donors (Lipinski definition) is 10. The molecule has 9 fully saturated rings. The molecule has 5 heterocycles. The molecule has 0 aromatic carbocycles. The molecule has 0 amide bonds. The van der Waals surface area contributed by atoms with Crippen molar-refractivity contribution in [3.05, 3.63) is 0 Å². The van der Waals surface area contributed by atoms with Crippen LogP contribution < -0.4 is 0 Å². The zero-order valence-electron chi connectivity index (χ0n) is 37.0. The third kappa shape index (κ3) is 7.88. The zero-order chi connectivity index (χ0) is 44.9. The second-order valence-corrected chi connectivity index (χ2v) is 21.5. The summed E-state index contributed by atoms with van der Waals surface area (Å²) in [7, 11) is 0. The first-order valence-electron chi connectivity index (χ1n) is 23.8. The molecule has 4 saturated carbocycles. The van der Waals surface area contributed by atoms with Gasteiger partial charge in [-0.15, -0.1) is 0 Å². The molecule has 362 valence electrons. The molecule has 0 aromatic rings. The highest BCUT2D eigenvalue weighted by atomic mass is 16.8. The maximum atomic E-state index is 11.5. The highest BCUT2D eigenvalue weighted by Crippen LogP contribution is 2.71. The Kier molecular flexibility index (Phi) is 13.5. The van der Waals surface area contributed by atoms with Gasteiger partial charge >= 0.3 is 0 Å². The number of aliphatic hydroxyl groups excluding tert-OH is 10. The minimum absolute atomic E-state index is 0.143. The molecule has 4 aliphatic carbocycles. The second-order valence-electron chi connectivity index (χ2n) is 21.5. The third-order valence-electron chi connectivity index (χ3n) is 18.3. The molecule has 18 nitrogen and oxygen atoms in total. The van der Waals surface area contributed by atoms with E-state index in [1.165, 1.54) is 12.8 Å². The summed E-state index contributed by atoms with van der Waals surface area (Å²) in [5.41, 5.74) is 0.377. The summed E-state index contributed by atoms with van der Waals surface area (Å²) in [4.78, 5) is 0. The maximum Gasteiger partial charge on any atom is 0.187 e. The van der Waals surface area contributed by atoms with Gasteiger partial charge in [-0.1, -0.05) is 27.7 Å². The van der Waals surface area contributed by atoms with Gasteiger partial charge < -0.3 is 89.0 Å². The molecule has 18 heteroatoms. The Balaban J connectivity index is 0.807. The topological polar surface area (TPSA) is 276 Å². The van der Waals surface area contributed by atoms with E-state index in [1.807, 2.05) is 0 Å². The molecule has 5 aliphatic heterocycles. The Hall–Kier alpha value is -0.720. The minimum Gasteiger partial charge on any atom is -0.394 e. The van der Waals surface area contributed by atoms with Crippen molar-refractivity contribution in [1.29, 1.82) is 0 Å². The predicted molar refractivity (Wildman–Crippen MR) is 216 cm³/mol. The molecule has 0 unspecified atom stereocenters. The van der Waals surface area contributed by atoms with E-state index < -0.39 is 118 Å². The molecule has 63 heavy (non-hydrogen) atoms. The average Bonchev–Trinajstić information content (AvgIpc) is 3.72. The number of aliphatic hydroxyl groups is 10. The average molecular weight is 903 g/mol. The van der Waals surface area contributed by atoms with Crippen molar-refractivity contribution in [3.63, 3.8) is 0 Å². The third-order valence-corrected chi connectivity index (χ3v) is 18.3. The molecule has 1 spiro atoms. The molecule has 5 saturated heterocycles. The van der Waals surface area contributed by atoms with E-state index in [0.29, 0.717) is 41.4 Å². The first kappa shape index (κ1) is 47.4. The standard InChI is InChI=1S/C45H74O18/c1-19-7-12-45(56-18-19)20(2)30-26(63-45)14-25-23-6-5-21-13-22(8-10-43(21,3)24(23)9-11-44(25,30)4)57-37-28(16-47)59-41(35(53)32(37)50)62-39-29(17-48)60-42(36(54)33(39)51)61-38-27(15-46)58-40(55)34(52)31(38)49/h19-42,46-55H,5-18H2,1-4H3/t19-,20-,21-,22-,23+,24-,25-,26-,27+,28+,29+,30-,31+,32+,33+,34+,35+,36+,37-,38+,39+,40+,41-,42-,43-,44-,45+/m0/s1. The molecule has 0 aromatic heterocycles. The summed E-state index contributed by atoms with van der Waals surface area (Å²) in [5, 5.41) is 106. The molecule has 9 aliphatic rings. The van der Waals surface area contributed by atoms with Gasteiger partial charge in [-0.2, -0.15) is 0 Å². The van der Waals surface area contributed by atoms with Crippen LogP contribution in [0.25, 0.3) is 0 Å². The largest absolute Gasteiger partial charge is 0.394 e. The summed E-state index contributed by atoms with van der Waals surface area (Å²) >= 11 is 0. The summed E-state index contributed by atoms with van der Waals surface area (Å²) in [6.45, 7) is 8.34. The first-order valence-corrected chi connectivity index (χ1v) is 23.8. The minimum atomic E-state index is -1.91. The first-order chi connectivity index (χ1) is 30.0. The van der Waals surface area contributed by atoms with Crippen molar-refractivity contribution in [3.8, 4) is 0 Å². The summed E-state index contributed by atoms with van der Waals surface area (Å²) < 4.78 is 48.4. The molecule has 0 bridgehead atoms. The Morgan fingerprint density at radius 1 is 0.571 bits per heavy atom. The van der Waals surface area contributed by atoms with Crippen molar-refractivity contribution in [2.24, 2.45) is 52.3 Å². The molecule has 10 N–H and O–H groups in total. The van der Waals surface area contributed by atoms with Crippen LogP contribution in [0.1, 0.15) is 91.9 Å². The highest BCUT2D eigenvalue weighted by molar-refractivity contribution is 5.15. The molecule has 27 atom stereocenters. The zero-order valence-corrected chi connectivity index (χ0v) is 37.0. The monoisotopic (exact) mass is 902 g/mol. The van der Waals surface area contributed by atoms with Crippen LogP contribution in [0.5, 0.6) is 0 Å². The van der Waals surface area contributed by atoms with Gasteiger partial charge in [0.05, 0.1) is 38.6 Å². The van der Waals surface area contributed by atoms with Crippen molar-refractivity contribution in [1.82, 2.24) is 0 Å². The van der Waals surface area contributed by atoms with E-state index in [2.05, 4.69) is 27.7 Å². The van der Waals surface area contributed by atoms with E-state index in [0.717, 1.165) is 58.0 Å². The summed E-state index contributed by atoms with van der Waals surface area (Å²) in [5.74, 6) is 3.34. The van der Waals surface area contributed by atoms with Crippen molar-refractivity contribution >= 4 is 0 Å². The number of hydrogen-bond acceptors (Lipinski definition) is 18. The Labute approximate surface area is 369 Å². The lowest BCUT2D eigenvalue weighted by molar-refractivity contribution is -0.379. The van der Waals surface area contributed by atoms with E-state index in [4.69, 9.17) is 37.9 Å². The Bertz CT molecular complexity index is 1560. The van der Waals surface area contributed by atoms with Crippen LogP contribution in [-0.4, -0.2) is 188 Å². The van der Waals surface area contributed by atoms with Crippen molar-refractivity contribution in [2.45, 2.75) is 202 Å². The van der Waals surface area contributed by atoms with Gasteiger partial charge in [0.15, 0.2) is 24.7 Å². The molecule has 9 rings (SSSR count). The fourth-order valence-electron chi connectivity index (χ4n) is 14.8. The Morgan fingerprint density at radius 3 is 1.73 bits per heavy atom. The van der Waals surface area contributed by atoms with E-state index in [-0.39, 0.29) is 23.0 Å². The van der Waals surface area contributed by atoms with E-state index in [1.54, 1.807) is 0 Å². The molecular weight excluding hydrogens is 828 g/mol. The Morgan fingerprint density at radius 2 is 1.14 bits per heavy atom. The van der Waals surface area contributed by atoms with Crippen molar-refractivity contribution in [2.75, 3.05) is 26.4 Å². The quantitative estimate of drug-likeness (QED) is 0.137. The lowest BCUT2D eigenvalue weighted by Crippen LogP contribution is -2.66. The van der Waals surface area contributed by atoms with Gasteiger partial charge in [-0.05, 0) is 104 Å². The number of fused-ring (bicyclic) bond motifs is 7. The maximum absolute atomic E-state index is 11.5. The van der Waals surface area contributed by atoms with Crippen molar-refractivity contribution < 1.29 is 89.0 Å². The van der Waals surface area contributed by atoms with Crippen LogP contribution in [0.3, 0.4) is 0 Å². The summed E-state index contributed by atoms with van der Waals surface area (Å²) in [6, 6.07) is 0.